The van der Waals surface area contributed by atoms with Crippen molar-refractivity contribution in [2.75, 3.05) is 19.9 Å². The Kier molecular flexibility index (Phi) is 2.74. The lowest BCUT2D eigenvalue weighted by Crippen LogP contribution is -2.04. The van der Waals surface area contributed by atoms with E-state index in [1.54, 1.807) is 0 Å². The van der Waals surface area contributed by atoms with Gasteiger partial charge in [0.1, 0.15) is 7.14 Å². The van der Waals surface area contributed by atoms with Gasteiger partial charge in [-0.05, 0) is 43.7 Å². The van der Waals surface area contributed by atoms with Crippen LogP contribution in [0.25, 0.3) is 0 Å². The lowest BCUT2D eigenvalue weighted by Gasteiger charge is -2.07. The fourth-order valence-electron chi connectivity index (χ4n) is 2.00. The third-order valence-corrected chi connectivity index (χ3v) is 4.71. The van der Waals surface area contributed by atoms with E-state index in [2.05, 4.69) is 12.1 Å². The van der Waals surface area contributed by atoms with Gasteiger partial charge >= 0.3 is 0 Å². The van der Waals surface area contributed by atoms with E-state index in [4.69, 9.17) is 5.73 Å². The van der Waals surface area contributed by atoms with Gasteiger partial charge in [-0.2, -0.15) is 0 Å². The summed E-state index contributed by atoms with van der Waals surface area (Å²) in [7, 11) is -2.09. The Balaban J connectivity index is 2.15. The van der Waals surface area contributed by atoms with Crippen LogP contribution in [0.5, 0.6) is 0 Å². The number of nitrogens with two attached hydrogens (primary N) is 1. The first-order valence-electron chi connectivity index (χ1n) is 5.38. The summed E-state index contributed by atoms with van der Waals surface area (Å²) in [6, 6.07) is 8.22. The van der Waals surface area contributed by atoms with Crippen LogP contribution in [-0.4, -0.2) is 19.9 Å². The van der Waals surface area contributed by atoms with E-state index in [1.165, 1.54) is 12.0 Å². The molecule has 2 N–H and O–H groups in total. The fraction of sp³-hybridized carbons (Fsp3) is 0.500. The van der Waals surface area contributed by atoms with Crippen molar-refractivity contribution in [2.24, 2.45) is 11.7 Å². The highest BCUT2D eigenvalue weighted by Gasteiger charge is 2.36. The highest BCUT2D eigenvalue weighted by Crippen LogP contribution is 2.46. The first kappa shape index (κ1) is 10.9. The van der Waals surface area contributed by atoms with E-state index in [0.29, 0.717) is 11.8 Å². The molecule has 1 aromatic rings. The second-order valence-corrected chi connectivity index (χ2v) is 8.00. The molecule has 1 aliphatic carbocycles. The molecular weight excluding hydrogens is 205 g/mol. The molecule has 3 heteroatoms. The summed E-state index contributed by atoms with van der Waals surface area (Å²) in [5.74, 6) is 1.32. The second kappa shape index (κ2) is 3.77. The van der Waals surface area contributed by atoms with Crippen LogP contribution in [0, 0.1) is 5.92 Å². The minimum Gasteiger partial charge on any atom is -0.330 e. The zero-order valence-corrected chi connectivity index (χ0v) is 10.2. The van der Waals surface area contributed by atoms with Gasteiger partial charge in [-0.25, -0.2) is 0 Å². The van der Waals surface area contributed by atoms with Gasteiger partial charge in [0.2, 0.25) is 0 Å². The van der Waals surface area contributed by atoms with Crippen molar-refractivity contribution >= 4 is 12.4 Å². The lowest BCUT2D eigenvalue weighted by atomic mass is 10.1. The molecular formula is C12H18NOP. The molecule has 0 heterocycles. The van der Waals surface area contributed by atoms with Crippen molar-refractivity contribution in [2.45, 2.75) is 12.3 Å². The van der Waals surface area contributed by atoms with Crippen LogP contribution in [0.3, 0.4) is 0 Å². The number of rotatable bonds is 3. The van der Waals surface area contributed by atoms with Crippen molar-refractivity contribution in [3.63, 3.8) is 0 Å². The number of hydrogen-bond acceptors (Lipinski definition) is 2. The Labute approximate surface area is 91.2 Å². The summed E-state index contributed by atoms with van der Waals surface area (Å²) < 4.78 is 11.8. The minimum atomic E-state index is -2.09. The van der Waals surface area contributed by atoms with Crippen LogP contribution in [0.15, 0.2) is 24.3 Å². The summed E-state index contributed by atoms with van der Waals surface area (Å²) in [6.07, 6.45) is 1.21. The molecule has 1 aliphatic rings. The maximum Gasteiger partial charge on any atom is 0.109 e. The smallest absolute Gasteiger partial charge is 0.109 e. The Bertz CT molecular complexity index is 393. The Morgan fingerprint density at radius 3 is 2.33 bits per heavy atom. The van der Waals surface area contributed by atoms with Crippen LogP contribution in [0.1, 0.15) is 17.9 Å². The van der Waals surface area contributed by atoms with Crippen molar-refractivity contribution < 1.29 is 4.57 Å². The molecule has 15 heavy (non-hydrogen) atoms. The van der Waals surface area contributed by atoms with Crippen molar-refractivity contribution in [1.29, 1.82) is 0 Å². The predicted octanol–water partition coefficient (Wildman–Crippen LogP) is 2.00. The van der Waals surface area contributed by atoms with Crippen LogP contribution < -0.4 is 11.0 Å². The number of hydrogen-bond donors (Lipinski definition) is 1. The molecule has 1 saturated carbocycles. The van der Waals surface area contributed by atoms with E-state index < -0.39 is 7.14 Å². The average molecular weight is 223 g/mol. The first-order valence-corrected chi connectivity index (χ1v) is 7.98. The molecule has 2 unspecified atom stereocenters. The molecule has 2 atom stereocenters. The van der Waals surface area contributed by atoms with Gasteiger partial charge in [0.15, 0.2) is 0 Å². The van der Waals surface area contributed by atoms with Crippen LogP contribution in [0.2, 0.25) is 0 Å². The molecule has 0 aliphatic heterocycles. The maximum absolute atomic E-state index is 11.8. The molecule has 82 valence electrons. The van der Waals surface area contributed by atoms with Crippen LogP contribution >= 0.6 is 7.14 Å². The van der Waals surface area contributed by atoms with E-state index in [9.17, 15) is 4.57 Å². The zero-order valence-electron chi connectivity index (χ0n) is 9.31. The third-order valence-electron chi connectivity index (χ3n) is 3.17. The highest BCUT2D eigenvalue weighted by atomic mass is 31.2. The lowest BCUT2D eigenvalue weighted by molar-refractivity contribution is 0.588. The normalized spacial score (nSPS) is 25.3. The number of benzene rings is 1. The second-order valence-electron chi connectivity index (χ2n) is 4.78. The van der Waals surface area contributed by atoms with Crippen molar-refractivity contribution in [1.82, 2.24) is 0 Å². The molecule has 0 bridgehead atoms. The molecule has 0 amide bonds. The standard InChI is InChI=1S/C12H18NOP/c1-15(2,14)11-5-3-9(4-6-11)12-7-10(12)8-13/h3-6,10,12H,7-8,13H2,1-2H3. The summed E-state index contributed by atoms with van der Waals surface area (Å²) in [4.78, 5) is 0. The SMILES string of the molecule is CP(C)(=O)c1ccc(C2CC2CN)cc1. The third kappa shape index (κ3) is 2.32. The van der Waals surface area contributed by atoms with Crippen molar-refractivity contribution in [3.8, 4) is 0 Å². The van der Waals surface area contributed by atoms with Gasteiger partial charge in [-0.1, -0.05) is 24.3 Å². The van der Waals surface area contributed by atoms with E-state index in [1.807, 2.05) is 25.5 Å². The predicted molar refractivity (Wildman–Crippen MR) is 65.4 cm³/mol. The van der Waals surface area contributed by atoms with Gasteiger partial charge in [0.25, 0.3) is 0 Å². The maximum atomic E-state index is 11.8. The van der Waals surface area contributed by atoms with Gasteiger partial charge in [-0.3, -0.25) is 0 Å². The Morgan fingerprint density at radius 2 is 1.93 bits per heavy atom. The van der Waals surface area contributed by atoms with E-state index in [0.717, 1.165) is 11.8 Å². The van der Waals surface area contributed by atoms with E-state index in [-0.39, 0.29) is 0 Å². The molecule has 0 spiro atoms. The summed E-state index contributed by atoms with van der Waals surface area (Å²) in [5.41, 5.74) is 6.97. The molecule has 2 rings (SSSR count). The quantitative estimate of drug-likeness (QED) is 0.796. The monoisotopic (exact) mass is 223 g/mol. The molecule has 1 aromatic carbocycles. The summed E-state index contributed by atoms with van der Waals surface area (Å²) >= 11 is 0. The summed E-state index contributed by atoms with van der Waals surface area (Å²) in [5, 5.41) is 0.969. The van der Waals surface area contributed by atoms with Gasteiger partial charge < -0.3 is 10.3 Å². The average Bonchev–Trinajstić information content (AvgIpc) is 2.95. The van der Waals surface area contributed by atoms with Gasteiger partial charge in [0, 0.05) is 5.30 Å². The zero-order chi connectivity index (χ0) is 11.1. The van der Waals surface area contributed by atoms with E-state index >= 15 is 0 Å². The van der Waals surface area contributed by atoms with Crippen molar-refractivity contribution in [3.05, 3.63) is 29.8 Å². The molecule has 0 aromatic heterocycles. The Hall–Kier alpha value is -0.590. The van der Waals surface area contributed by atoms with Gasteiger partial charge in [0.05, 0.1) is 0 Å². The molecule has 0 saturated heterocycles. The van der Waals surface area contributed by atoms with Gasteiger partial charge in [-0.15, -0.1) is 0 Å². The molecule has 1 fully saturated rings. The molecule has 0 radical (unpaired) electrons. The largest absolute Gasteiger partial charge is 0.330 e. The minimum absolute atomic E-state index is 0.650. The van der Waals surface area contributed by atoms with Crippen LogP contribution in [-0.2, 0) is 4.57 Å². The summed E-state index contributed by atoms with van der Waals surface area (Å²) in [6.45, 7) is 4.40. The fourth-order valence-corrected chi connectivity index (χ4v) is 2.86. The Morgan fingerprint density at radius 1 is 1.33 bits per heavy atom. The first-order chi connectivity index (χ1) is 7.02. The van der Waals surface area contributed by atoms with Crippen LogP contribution in [0.4, 0.5) is 0 Å². The molecule has 2 nitrogen and oxygen atoms in total. The highest BCUT2D eigenvalue weighted by molar-refractivity contribution is 7.70. The topological polar surface area (TPSA) is 43.1 Å².